The molecule has 0 aliphatic rings. The summed E-state index contributed by atoms with van der Waals surface area (Å²) in [5.41, 5.74) is 4.93. The molecule has 1 heterocycles. The molecule has 0 radical (unpaired) electrons. The average Bonchev–Trinajstić information content (AvgIpc) is 2.75. The van der Waals surface area contributed by atoms with Crippen LogP contribution in [0.25, 0.3) is 11.0 Å². The highest BCUT2D eigenvalue weighted by molar-refractivity contribution is 7.71. The summed E-state index contributed by atoms with van der Waals surface area (Å²) in [4.78, 5) is 3.31. The molecule has 3 heteroatoms. The van der Waals surface area contributed by atoms with Crippen LogP contribution in [0.15, 0.2) is 48.5 Å². The lowest BCUT2D eigenvalue weighted by molar-refractivity contribution is 0.706. The summed E-state index contributed by atoms with van der Waals surface area (Å²) in [6.45, 7) is 3.02. The fraction of sp³-hybridized carbons (Fsp3) is 0.188. The van der Waals surface area contributed by atoms with Crippen LogP contribution in [0.1, 0.15) is 11.1 Å². The van der Waals surface area contributed by atoms with Gasteiger partial charge in [-0.25, -0.2) is 0 Å². The minimum atomic E-state index is 0.806. The van der Waals surface area contributed by atoms with Crippen molar-refractivity contribution in [3.63, 3.8) is 0 Å². The molecule has 0 bridgehead atoms. The second-order valence-corrected chi connectivity index (χ2v) is 5.17. The monoisotopic (exact) mass is 268 g/mol. The van der Waals surface area contributed by atoms with Gasteiger partial charge in [-0.3, -0.25) is 0 Å². The van der Waals surface area contributed by atoms with Gasteiger partial charge >= 0.3 is 0 Å². The third-order valence-electron chi connectivity index (χ3n) is 3.49. The van der Waals surface area contributed by atoms with Crippen molar-refractivity contribution in [3.8, 4) is 0 Å². The van der Waals surface area contributed by atoms with Crippen molar-refractivity contribution in [2.24, 2.45) is 0 Å². The molecule has 2 nitrogen and oxygen atoms in total. The minimum Gasteiger partial charge on any atom is -0.330 e. The first-order chi connectivity index (χ1) is 9.25. The van der Waals surface area contributed by atoms with Crippen molar-refractivity contribution in [2.45, 2.75) is 19.9 Å². The maximum Gasteiger partial charge on any atom is 0.178 e. The van der Waals surface area contributed by atoms with Crippen LogP contribution in [0.5, 0.6) is 0 Å². The number of aromatic nitrogens is 2. The number of H-pyrrole nitrogens is 1. The number of para-hydroxylation sites is 1. The number of hydrogen-bond acceptors (Lipinski definition) is 1. The number of hydrogen-bond donors (Lipinski definition) is 1. The minimum absolute atomic E-state index is 0.806. The first-order valence-corrected chi connectivity index (χ1v) is 6.88. The van der Waals surface area contributed by atoms with Crippen LogP contribution < -0.4 is 0 Å². The van der Waals surface area contributed by atoms with Crippen LogP contribution in [0.2, 0.25) is 0 Å². The number of benzene rings is 2. The SMILES string of the molecule is Cc1cccc2c1[nH]c(=S)n2CCc1ccccc1. The lowest BCUT2D eigenvalue weighted by atomic mass is 10.1. The van der Waals surface area contributed by atoms with E-state index in [0.29, 0.717) is 0 Å². The maximum atomic E-state index is 5.44. The molecule has 0 aliphatic carbocycles. The molecule has 19 heavy (non-hydrogen) atoms. The molecule has 0 saturated heterocycles. The Labute approximate surface area is 117 Å². The lowest BCUT2D eigenvalue weighted by Gasteiger charge is -2.05. The smallest absolute Gasteiger partial charge is 0.178 e. The van der Waals surface area contributed by atoms with E-state index in [1.807, 2.05) is 6.07 Å². The Morgan fingerprint density at radius 3 is 2.63 bits per heavy atom. The van der Waals surface area contributed by atoms with Gasteiger partial charge in [0.25, 0.3) is 0 Å². The summed E-state index contributed by atoms with van der Waals surface area (Å²) < 4.78 is 2.99. The van der Waals surface area contributed by atoms with E-state index in [-0.39, 0.29) is 0 Å². The highest BCUT2D eigenvalue weighted by Crippen LogP contribution is 2.18. The highest BCUT2D eigenvalue weighted by Gasteiger charge is 2.05. The van der Waals surface area contributed by atoms with Gasteiger partial charge in [0.15, 0.2) is 4.77 Å². The third kappa shape index (κ3) is 2.34. The van der Waals surface area contributed by atoms with Gasteiger partial charge in [-0.15, -0.1) is 0 Å². The van der Waals surface area contributed by atoms with Crippen LogP contribution in [0, 0.1) is 11.7 Å². The Bertz CT molecular complexity index is 753. The fourth-order valence-electron chi connectivity index (χ4n) is 2.43. The molecule has 96 valence electrons. The maximum absolute atomic E-state index is 5.44. The predicted octanol–water partition coefficient (Wildman–Crippen LogP) is 4.25. The Hall–Kier alpha value is -1.87. The number of nitrogens with one attached hydrogen (secondary N) is 1. The van der Waals surface area contributed by atoms with Crippen molar-refractivity contribution >= 4 is 23.3 Å². The summed E-state index contributed by atoms with van der Waals surface area (Å²) in [6, 6.07) is 16.8. The molecule has 0 saturated carbocycles. The van der Waals surface area contributed by atoms with Gasteiger partial charge in [-0.2, -0.15) is 0 Å². The van der Waals surface area contributed by atoms with E-state index in [0.717, 1.165) is 23.3 Å². The zero-order valence-electron chi connectivity index (χ0n) is 10.9. The standard InChI is InChI=1S/C16H16N2S/c1-12-6-5-9-14-15(12)17-16(19)18(14)11-10-13-7-3-2-4-8-13/h2-9H,10-11H2,1H3,(H,17,19). The molecule has 1 N–H and O–H groups in total. The second-order valence-electron chi connectivity index (χ2n) is 4.79. The van der Waals surface area contributed by atoms with Gasteiger partial charge in [0.1, 0.15) is 0 Å². The lowest BCUT2D eigenvalue weighted by Crippen LogP contribution is -2.01. The third-order valence-corrected chi connectivity index (χ3v) is 3.81. The second kappa shape index (κ2) is 5.02. The normalized spacial score (nSPS) is 11.0. The number of fused-ring (bicyclic) bond motifs is 1. The zero-order chi connectivity index (χ0) is 13.2. The summed E-state index contributed by atoms with van der Waals surface area (Å²) in [5.74, 6) is 0. The van der Waals surface area contributed by atoms with Crippen LogP contribution in [-0.2, 0) is 13.0 Å². The summed E-state index contributed by atoms with van der Waals surface area (Å²) in [6.07, 6.45) is 0.996. The van der Waals surface area contributed by atoms with E-state index in [1.54, 1.807) is 0 Å². The Morgan fingerprint density at radius 1 is 1.05 bits per heavy atom. The van der Waals surface area contributed by atoms with Crippen molar-refractivity contribution in [1.29, 1.82) is 0 Å². The molecule has 0 fully saturated rings. The number of nitrogens with zero attached hydrogens (tertiary/aromatic N) is 1. The van der Waals surface area contributed by atoms with Gasteiger partial charge in [-0.1, -0.05) is 42.5 Å². The van der Waals surface area contributed by atoms with Gasteiger partial charge in [0.2, 0.25) is 0 Å². The largest absolute Gasteiger partial charge is 0.330 e. The molecular formula is C16H16N2S. The molecule has 0 amide bonds. The number of aromatic amines is 1. The molecule has 0 unspecified atom stereocenters. The zero-order valence-corrected chi connectivity index (χ0v) is 11.7. The van der Waals surface area contributed by atoms with E-state index >= 15 is 0 Å². The Kier molecular flexibility index (Phi) is 3.22. The molecule has 0 spiro atoms. The molecule has 0 atom stereocenters. The molecule has 2 aromatic carbocycles. The van der Waals surface area contributed by atoms with Crippen LogP contribution in [0.4, 0.5) is 0 Å². The van der Waals surface area contributed by atoms with Gasteiger partial charge < -0.3 is 9.55 Å². The highest BCUT2D eigenvalue weighted by atomic mass is 32.1. The molecule has 3 aromatic rings. The van der Waals surface area contributed by atoms with Gasteiger partial charge in [-0.05, 0) is 42.8 Å². The number of aryl methyl sites for hydroxylation is 3. The van der Waals surface area contributed by atoms with E-state index in [9.17, 15) is 0 Å². The fourth-order valence-corrected chi connectivity index (χ4v) is 2.72. The van der Waals surface area contributed by atoms with Crippen LogP contribution in [-0.4, -0.2) is 9.55 Å². The first kappa shape index (κ1) is 12.2. The average molecular weight is 268 g/mol. The van der Waals surface area contributed by atoms with E-state index in [1.165, 1.54) is 16.6 Å². The molecule has 3 rings (SSSR count). The molecule has 1 aromatic heterocycles. The predicted molar refractivity (Wildman–Crippen MR) is 82.0 cm³/mol. The van der Waals surface area contributed by atoms with Crippen LogP contribution in [0.3, 0.4) is 0 Å². The molecule has 0 aliphatic heterocycles. The van der Waals surface area contributed by atoms with Gasteiger partial charge in [0, 0.05) is 6.54 Å². The topological polar surface area (TPSA) is 20.7 Å². The Morgan fingerprint density at radius 2 is 1.84 bits per heavy atom. The van der Waals surface area contributed by atoms with Crippen molar-refractivity contribution in [2.75, 3.05) is 0 Å². The number of rotatable bonds is 3. The summed E-state index contributed by atoms with van der Waals surface area (Å²) in [5, 5.41) is 0. The van der Waals surface area contributed by atoms with Crippen molar-refractivity contribution < 1.29 is 0 Å². The summed E-state index contributed by atoms with van der Waals surface area (Å²) >= 11 is 5.44. The number of imidazole rings is 1. The Balaban J connectivity index is 1.95. The van der Waals surface area contributed by atoms with Crippen molar-refractivity contribution in [1.82, 2.24) is 9.55 Å². The van der Waals surface area contributed by atoms with E-state index in [2.05, 4.69) is 58.9 Å². The van der Waals surface area contributed by atoms with Gasteiger partial charge in [0.05, 0.1) is 11.0 Å². The molecular weight excluding hydrogens is 252 g/mol. The van der Waals surface area contributed by atoms with Crippen LogP contribution >= 0.6 is 12.2 Å². The van der Waals surface area contributed by atoms with E-state index < -0.39 is 0 Å². The summed E-state index contributed by atoms with van der Waals surface area (Å²) in [7, 11) is 0. The van der Waals surface area contributed by atoms with E-state index in [4.69, 9.17) is 12.2 Å². The quantitative estimate of drug-likeness (QED) is 0.704. The van der Waals surface area contributed by atoms with Crippen molar-refractivity contribution in [3.05, 3.63) is 64.4 Å². The first-order valence-electron chi connectivity index (χ1n) is 6.48.